The molecule has 0 atom stereocenters. The third-order valence-electron chi connectivity index (χ3n) is 3.74. The van der Waals surface area contributed by atoms with Crippen LogP contribution >= 0.6 is 0 Å². The summed E-state index contributed by atoms with van der Waals surface area (Å²) >= 11 is 0. The molecule has 1 saturated heterocycles. The van der Waals surface area contributed by atoms with Gasteiger partial charge in [0.2, 0.25) is 0 Å². The van der Waals surface area contributed by atoms with Crippen molar-refractivity contribution in [3.05, 3.63) is 17.8 Å². The Labute approximate surface area is 137 Å². The summed E-state index contributed by atoms with van der Waals surface area (Å²) in [6, 6.07) is 3.50. The molecule has 1 aromatic rings. The van der Waals surface area contributed by atoms with Gasteiger partial charge in [-0.3, -0.25) is 9.69 Å². The van der Waals surface area contributed by atoms with E-state index in [0.29, 0.717) is 24.0 Å². The Balaban J connectivity index is 1.69. The zero-order valence-corrected chi connectivity index (χ0v) is 14.0. The Morgan fingerprint density at radius 1 is 1.26 bits per heavy atom. The highest BCUT2D eigenvalue weighted by Crippen LogP contribution is 2.04. The molecule has 0 aliphatic carbocycles. The third kappa shape index (κ3) is 6.50. The van der Waals surface area contributed by atoms with Crippen molar-refractivity contribution in [2.45, 2.75) is 20.3 Å². The monoisotopic (exact) mass is 321 g/mol. The van der Waals surface area contributed by atoms with Crippen molar-refractivity contribution < 1.29 is 9.53 Å². The normalized spacial score (nSPS) is 15.6. The second-order valence-electron chi connectivity index (χ2n) is 6.12. The van der Waals surface area contributed by atoms with Gasteiger partial charge in [-0.2, -0.15) is 0 Å². The van der Waals surface area contributed by atoms with Crippen LogP contribution in [0.25, 0.3) is 0 Å². The predicted molar refractivity (Wildman–Crippen MR) is 89.6 cm³/mol. The highest BCUT2D eigenvalue weighted by atomic mass is 16.5. The van der Waals surface area contributed by atoms with Crippen LogP contribution in [-0.4, -0.2) is 66.9 Å². The number of carbonyl (C=O) groups is 1. The van der Waals surface area contributed by atoms with Gasteiger partial charge in [0.25, 0.3) is 5.91 Å². The first kappa shape index (κ1) is 17.6. The second-order valence-corrected chi connectivity index (χ2v) is 6.12. The Morgan fingerprint density at radius 2 is 2.04 bits per heavy atom. The molecule has 1 aromatic heterocycles. The van der Waals surface area contributed by atoms with Gasteiger partial charge in [-0.1, -0.05) is 13.8 Å². The van der Waals surface area contributed by atoms with E-state index in [-0.39, 0.29) is 5.91 Å². The van der Waals surface area contributed by atoms with Crippen molar-refractivity contribution in [2.75, 3.05) is 51.3 Å². The molecule has 1 aliphatic heterocycles. The number of hydrogen-bond acceptors (Lipinski definition) is 6. The number of carbonyl (C=O) groups excluding carboxylic acids is 1. The summed E-state index contributed by atoms with van der Waals surface area (Å²) in [6.07, 6.45) is 1.07. The van der Waals surface area contributed by atoms with Crippen LogP contribution in [0.2, 0.25) is 0 Å². The molecule has 2 N–H and O–H groups in total. The number of nitrogens with one attached hydrogen (secondary N) is 2. The highest BCUT2D eigenvalue weighted by molar-refractivity contribution is 5.92. The number of rotatable bonds is 8. The summed E-state index contributed by atoms with van der Waals surface area (Å²) in [5, 5.41) is 14.1. The Bertz CT molecular complexity index is 472. The molecule has 0 aromatic carbocycles. The molecule has 0 unspecified atom stereocenters. The molecule has 1 amide bonds. The number of aromatic nitrogens is 2. The average molecular weight is 321 g/mol. The minimum absolute atomic E-state index is 0.181. The molecule has 7 heteroatoms. The van der Waals surface area contributed by atoms with Crippen molar-refractivity contribution in [3.8, 4) is 0 Å². The first-order valence-electron chi connectivity index (χ1n) is 8.31. The van der Waals surface area contributed by atoms with Crippen LogP contribution in [0.1, 0.15) is 30.8 Å². The van der Waals surface area contributed by atoms with Crippen molar-refractivity contribution in [3.63, 3.8) is 0 Å². The van der Waals surface area contributed by atoms with Crippen molar-refractivity contribution >= 4 is 11.7 Å². The van der Waals surface area contributed by atoms with Crippen molar-refractivity contribution in [1.82, 2.24) is 20.4 Å². The fourth-order valence-corrected chi connectivity index (χ4v) is 2.28. The molecule has 0 bridgehead atoms. The number of amides is 1. The van der Waals surface area contributed by atoms with Crippen LogP contribution < -0.4 is 10.6 Å². The molecule has 23 heavy (non-hydrogen) atoms. The Hall–Kier alpha value is -1.73. The zero-order valence-electron chi connectivity index (χ0n) is 14.0. The fraction of sp³-hybridized carbons (Fsp3) is 0.688. The number of nitrogens with zero attached hydrogens (tertiary/aromatic N) is 3. The van der Waals surface area contributed by atoms with E-state index in [1.165, 1.54) is 0 Å². The Morgan fingerprint density at radius 3 is 2.70 bits per heavy atom. The van der Waals surface area contributed by atoms with Crippen LogP contribution in [0.3, 0.4) is 0 Å². The van der Waals surface area contributed by atoms with E-state index in [1.54, 1.807) is 12.1 Å². The maximum atomic E-state index is 12.0. The third-order valence-corrected chi connectivity index (χ3v) is 3.74. The second kappa shape index (κ2) is 9.42. The lowest BCUT2D eigenvalue weighted by Gasteiger charge is -2.26. The molecule has 7 nitrogen and oxygen atoms in total. The van der Waals surface area contributed by atoms with E-state index in [4.69, 9.17) is 4.74 Å². The smallest absolute Gasteiger partial charge is 0.271 e. The summed E-state index contributed by atoms with van der Waals surface area (Å²) in [4.78, 5) is 14.3. The summed E-state index contributed by atoms with van der Waals surface area (Å²) < 4.78 is 5.30. The lowest BCUT2D eigenvalue weighted by molar-refractivity contribution is 0.0383. The van der Waals surface area contributed by atoms with Gasteiger partial charge in [0.1, 0.15) is 5.82 Å². The van der Waals surface area contributed by atoms with Gasteiger partial charge in [0.05, 0.1) is 13.2 Å². The van der Waals surface area contributed by atoms with Crippen molar-refractivity contribution in [2.24, 2.45) is 5.92 Å². The van der Waals surface area contributed by atoms with Crippen LogP contribution in [0.5, 0.6) is 0 Å². The molecule has 2 heterocycles. The lowest BCUT2D eigenvalue weighted by Crippen LogP contribution is -2.41. The molecule has 1 aliphatic rings. The standard InChI is InChI=1S/C16H27N5O2/c1-13(2)5-6-17-15-4-3-14(19-20-15)16(22)18-7-8-21-9-11-23-12-10-21/h3-4,13H,5-12H2,1-2H3,(H,17,20)(H,18,22). The van der Waals surface area contributed by atoms with Gasteiger partial charge < -0.3 is 15.4 Å². The Kier molecular flexibility index (Phi) is 7.22. The number of hydrogen-bond donors (Lipinski definition) is 2. The first-order valence-corrected chi connectivity index (χ1v) is 8.31. The van der Waals surface area contributed by atoms with E-state index < -0.39 is 0 Å². The molecule has 1 fully saturated rings. The SMILES string of the molecule is CC(C)CCNc1ccc(C(=O)NCCN2CCOCC2)nn1. The quantitative estimate of drug-likeness (QED) is 0.743. The van der Waals surface area contributed by atoms with Crippen LogP contribution in [0, 0.1) is 5.92 Å². The number of morpholine rings is 1. The minimum Gasteiger partial charge on any atom is -0.379 e. The zero-order chi connectivity index (χ0) is 16.5. The maximum absolute atomic E-state index is 12.0. The van der Waals surface area contributed by atoms with Crippen LogP contribution in [-0.2, 0) is 4.74 Å². The number of anilines is 1. The fourth-order valence-electron chi connectivity index (χ4n) is 2.28. The van der Waals surface area contributed by atoms with Gasteiger partial charge in [0.15, 0.2) is 5.69 Å². The van der Waals surface area contributed by atoms with Crippen LogP contribution in [0.15, 0.2) is 12.1 Å². The minimum atomic E-state index is -0.181. The maximum Gasteiger partial charge on any atom is 0.271 e. The van der Waals surface area contributed by atoms with E-state index in [9.17, 15) is 4.79 Å². The number of ether oxygens (including phenoxy) is 1. The van der Waals surface area contributed by atoms with Gasteiger partial charge in [0, 0.05) is 32.7 Å². The molecule has 2 rings (SSSR count). The van der Waals surface area contributed by atoms with Gasteiger partial charge in [-0.25, -0.2) is 0 Å². The van der Waals surface area contributed by atoms with E-state index in [1.807, 2.05) is 0 Å². The lowest BCUT2D eigenvalue weighted by atomic mass is 10.1. The molecular weight excluding hydrogens is 294 g/mol. The molecular formula is C16H27N5O2. The van der Waals surface area contributed by atoms with E-state index in [0.717, 1.165) is 45.8 Å². The molecule has 0 saturated carbocycles. The average Bonchev–Trinajstić information content (AvgIpc) is 2.56. The first-order chi connectivity index (χ1) is 11.1. The molecule has 0 spiro atoms. The topological polar surface area (TPSA) is 79.4 Å². The van der Waals surface area contributed by atoms with Crippen molar-refractivity contribution in [1.29, 1.82) is 0 Å². The summed E-state index contributed by atoms with van der Waals surface area (Å²) in [5.41, 5.74) is 0.349. The van der Waals surface area contributed by atoms with Gasteiger partial charge in [-0.15, -0.1) is 10.2 Å². The van der Waals surface area contributed by atoms with Gasteiger partial charge >= 0.3 is 0 Å². The summed E-state index contributed by atoms with van der Waals surface area (Å²) in [7, 11) is 0. The van der Waals surface area contributed by atoms with E-state index in [2.05, 4.69) is 39.6 Å². The van der Waals surface area contributed by atoms with Crippen LogP contribution in [0.4, 0.5) is 5.82 Å². The largest absolute Gasteiger partial charge is 0.379 e. The predicted octanol–water partition coefficient (Wildman–Crippen LogP) is 0.997. The summed E-state index contributed by atoms with van der Waals surface area (Å²) in [6.45, 7) is 10.0. The summed E-state index contributed by atoms with van der Waals surface area (Å²) in [5.74, 6) is 1.17. The van der Waals surface area contributed by atoms with Gasteiger partial charge in [-0.05, 0) is 24.5 Å². The van der Waals surface area contributed by atoms with E-state index >= 15 is 0 Å². The highest BCUT2D eigenvalue weighted by Gasteiger charge is 2.11. The molecule has 128 valence electrons. The molecule has 0 radical (unpaired) electrons.